The highest BCUT2D eigenvalue weighted by Gasteiger charge is 2.10. The van der Waals surface area contributed by atoms with Crippen molar-refractivity contribution in [3.05, 3.63) is 22.9 Å². The zero-order chi connectivity index (χ0) is 11.4. The van der Waals surface area contributed by atoms with Gasteiger partial charge in [-0.05, 0) is 32.4 Å². The molecule has 1 aromatic heterocycles. The lowest BCUT2D eigenvalue weighted by Gasteiger charge is -2.07. The van der Waals surface area contributed by atoms with Crippen molar-refractivity contribution in [3.63, 3.8) is 0 Å². The maximum atomic E-state index is 10.8. The third kappa shape index (κ3) is 2.78. The number of carbonyl (C=O) groups excluding carboxylic acids is 1. The number of ether oxygens (including phenoxy) is 1. The van der Waals surface area contributed by atoms with E-state index in [-0.39, 0.29) is 18.3 Å². The molecule has 4 nitrogen and oxygen atoms in total. The lowest BCUT2D eigenvalue weighted by Crippen LogP contribution is -2.09. The molecule has 0 aliphatic rings. The first kappa shape index (κ1) is 11.2. The van der Waals surface area contributed by atoms with Crippen LogP contribution in [0.2, 0.25) is 0 Å². The van der Waals surface area contributed by atoms with Crippen LogP contribution in [0.3, 0.4) is 0 Å². The quantitative estimate of drug-likeness (QED) is 0.749. The summed E-state index contributed by atoms with van der Waals surface area (Å²) < 4.78 is 5.17. The Hall–Kier alpha value is -1.89. The molecule has 78 valence electrons. The van der Waals surface area contributed by atoms with Gasteiger partial charge in [0.2, 0.25) is 5.88 Å². The average molecular weight is 204 g/mol. The molecule has 1 aromatic rings. The van der Waals surface area contributed by atoms with E-state index in [1.165, 1.54) is 6.92 Å². The molecule has 0 aromatic carbocycles. The number of rotatable bonds is 3. The van der Waals surface area contributed by atoms with Crippen LogP contribution in [0.25, 0.3) is 0 Å². The molecule has 0 unspecified atom stereocenters. The number of pyridine rings is 1. The number of hydrogen-bond donors (Lipinski definition) is 0. The maximum Gasteiger partial charge on any atom is 0.232 e. The van der Waals surface area contributed by atoms with Gasteiger partial charge in [-0.25, -0.2) is 4.98 Å². The molecule has 0 saturated carbocycles. The Kier molecular flexibility index (Phi) is 3.40. The van der Waals surface area contributed by atoms with Gasteiger partial charge in [0, 0.05) is 5.69 Å². The minimum atomic E-state index is -0.0974. The van der Waals surface area contributed by atoms with Gasteiger partial charge in [-0.15, -0.1) is 0 Å². The van der Waals surface area contributed by atoms with E-state index in [0.717, 1.165) is 11.3 Å². The Morgan fingerprint density at radius 3 is 2.80 bits per heavy atom. The first-order chi connectivity index (χ1) is 7.04. The monoisotopic (exact) mass is 204 g/mol. The molecule has 0 amide bonds. The van der Waals surface area contributed by atoms with Crippen LogP contribution in [0.4, 0.5) is 0 Å². The van der Waals surface area contributed by atoms with Gasteiger partial charge >= 0.3 is 0 Å². The number of hydrogen-bond acceptors (Lipinski definition) is 4. The minimum absolute atomic E-state index is 0.0510. The topological polar surface area (TPSA) is 63.0 Å². The lowest BCUT2D eigenvalue weighted by molar-refractivity contribution is -0.119. The summed E-state index contributed by atoms with van der Waals surface area (Å²) in [5, 5.41) is 8.90. The Bertz CT molecular complexity index is 433. The molecule has 0 saturated heterocycles. The Morgan fingerprint density at radius 1 is 1.60 bits per heavy atom. The van der Waals surface area contributed by atoms with Crippen LogP contribution in [0.5, 0.6) is 5.88 Å². The number of Topliss-reactive ketones (excluding diaryl/α,β-unsaturated/α-hetero) is 1. The molecule has 0 radical (unpaired) electrons. The largest absolute Gasteiger partial charge is 0.469 e. The van der Waals surface area contributed by atoms with Crippen LogP contribution in [-0.2, 0) is 4.79 Å². The molecule has 0 bridgehead atoms. The van der Waals surface area contributed by atoms with Gasteiger partial charge in [0.25, 0.3) is 0 Å². The molecular weight excluding hydrogens is 192 g/mol. The van der Waals surface area contributed by atoms with Gasteiger partial charge in [-0.2, -0.15) is 5.26 Å². The fourth-order valence-electron chi connectivity index (χ4n) is 1.21. The van der Waals surface area contributed by atoms with E-state index in [9.17, 15) is 4.79 Å². The third-order valence-corrected chi connectivity index (χ3v) is 1.84. The van der Waals surface area contributed by atoms with Crippen molar-refractivity contribution in [3.8, 4) is 11.9 Å². The van der Waals surface area contributed by atoms with Crippen LogP contribution < -0.4 is 4.74 Å². The average Bonchev–Trinajstić information content (AvgIpc) is 2.13. The van der Waals surface area contributed by atoms with E-state index < -0.39 is 0 Å². The van der Waals surface area contributed by atoms with Crippen molar-refractivity contribution in [2.45, 2.75) is 20.8 Å². The summed E-state index contributed by atoms with van der Waals surface area (Å²) in [7, 11) is 0. The zero-order valence-corrected chi connectivity index (χ0v) is 9.00. The second-order valence-corrected chi connectivity index (χ2v) is 3.36. The van der Waals surface area contributed by atoms with Crippen molar-refractivity contribution in [1.29, 1.82) is 5.26 Å². The molecule has 1 rings (SSSR count). The number of ketones is 1. The Morgan fingerprint density at radius 2 is 2.27 bits per heavy atom. The van der Waals surface area contributed by atoms with E-state index >= 15 is 0 Å². The van der Waals surface area contributed by atoms with Crippen molar-refractivity contribution in [2.24, 2.45) is 0 Å². The van der Waals surface area contributed by atoms with Gasteiger partial charge in [0.1, 0.15) is 18.2 Å². The molecule has 15 heavy (non-hydrogen) atoms. The zero-order valence-electron chi connectivity index (χ0n) is 9.00. The molecule has 0 N–H and O–H groups in total. The highest BCUT2D eigenvalue weighted by Crippen LogP contribution is 2.19. The van der Waals surface area contributed by atoms with Crippen LogP contribution in [-0.4, -0.2) is 17.4 Å². The Balaban J connectivity index is 3.05. The second-order valence-electron chi connectivity index (χ2n) is 3.36. The van der Waals surface area contributed by atoms with Gasteiger partial charge in [0.15, 0.2) is 5.78 Å². The van der Waals surface area contributed by atoms with Crippen molar-refractivity contribution >= 4 is 5.78 Å². The van der Waals surface area contributed by atoms with Crippen LogP contribution in [0.1, 0.15) is 23.7 Å². The van der Waals surface area contributed by atoms with Crippen LogP contribution in [0, 0.1) is 25.2 Å². The molecule has 0 aliphatic heterocycles. The fourth-order valence-corrected chi connectivity index (χ4v) is 1.21. The lowest BCUT2D eigenvalue weighted by atomic mass is 10.1. The number of aromatic nitrogens is 1. The van der Waals surface area contributed by atoms with E-state index in [4.69, 9.17) is 10.00 Å². The summed E-state index contributed by atoms with van der Waals surface area (Å²) in [6.07, 6.45) is 0. The first-order valence-electron chi connectivity index (χ1n) is 4.55. The number of nitrogens with zero attached hydrogens (tertiary/aromatic N) is 2. The summed E-state index contributed by atoms with van der Waals surface area (Å²) in [6.45, 7) is 5.00. The van der Waals surface area contributed by atoms with Gasteiger partial charge in [0.05, 0.1) is 0 Å². The van der Waals surface area contributed by atoms with Gasteiger partial charge in [-0.1, -0.05) is 0 Å². The van der Waals surface area contributed by atoms with E-state index in [0.29, 0.717) is 5.56 Å². The highest BCUT2D eigenvalue weighted by atomic mass is 16.5. The van der Waals surface area contributed by atoms with E-state index in [1.54, 1.807) is 6.07 Å². The highest BCUT2D eigenvalue weighted by molar-refractivity contribution is 5.77. The molecular formula is C11H12N2O2. The third-order valence-electron chi connectivity index (χ3n) is 1.84. The normalized spacial score (nSPS) is 9.47. The second kappa shape index (κ2) is 4.56. The van der Waals surface area contributed by atoms with Crippen LogP contribution >= 0.6 is 0 Å². The predicted molar refractivity (Wildman–Crippen MR) is 54.6 cm³/mol. The van der Waals surface area contributed by atoms with E-state index in [2.05, 4.69) is 4.98 Å². The number of carbonyl (C=O) groups is 1. The number of aryl methyl sites for hydroxylation is 2. The fraction of sp³-hybridized carbons (Fsp3) is 0.364. The van der Waals surface area contributed by atoms with Crippen molar-refractivity contribution in [2.75, 3.05) is 6.61 Å². The number of nitriles is 1. The summed E-state index contributed by atoms with van der Waals surface area (Å²) in [5.41, 5.74) is 1.97. The molecule has 0 fully saturated rings. The molecule has 0 atom stereocenters. The molecule has 4 heteroatoms. The Labute approximate surface area is 88.5 Å². The molecule has 0 aliphatic carbocycles. The molecule has 0 spiro atoms. The van der Waals surface area contributed by atoms with E-state index in [1.807, 2.05) is 19.9 Å². The minimum Gasteiger partial charge on any atom is -0.469 e. The summed E-state index contributed by atoms with van der Waals surface area (Å²) >= 11 is 0. The summed E-state index contributed by atoms with van der Waals surface area (Å²) in [5.74, 6) is 0.144. The van der Waals surface area contributed by atoms with Crippen molar-refractivity contribution < 1.29 is 9.53 Å². The first-order valence-corrected chi connectivity index (χ1v) is 4.55. The standard InChI is InChI=1S/C11H12N2O2/c1-7-4-8(2)13-11(10(7)5-12)15-6-9(3)14/h4H,6H2,1-3H3. The smallest absolute Gasteiger partial charge is 0.232 e. The van der Waals surface area contributed by atoms with Gasteiger partial charge < -0.3 is 4.74 Å². The summed E-state index contributed by atoms with van der Waals surface area (Å²) in [4.78, 5) is 14.8. The maximum absolute atomic E-state index is 10.8. The SMILES string of the molecule is CC(=O)COc1nc(C)cc(C)c1C#N. The molecule has 1 heterocycles. The summed E-state index contributed by atoms with van der Waals surface area (Å²) in [6, 6.07) is 3.82. The predicted octanol–water partition coefficient (Wildman–Crippen LogP) is 1.54. The van der Waals surface area contributed by atoms with Gasteiger partial charge in [-0.3, -0.25) is 4.79 Å². The van der Waals surface area contributed by atoms with Crippen LogP contribution in [0.15, 0.2) is 6.07 Å². The van der Waals surface area contributed by atoms with Crippen molar-refractivity contribution in [1.82, 2.24) is 4.98 Å².